The highest BCUT2D eigenvalue weighted by Gasteiger charge is 2.20. The van der Waals surface area contributed by atoms with Crippen LogP contribution >= 0.6 is 11.6 Å². The van der Waals surface area contributed by atoms with Gasteiger partial charge in [0.15, 0.2) is 22.8 Å². The fourth-order valence-corrected chi connectivity index (χ4v) is 2.59. The summed E-state index contributed by atoms with van der Waals surface area (Å²) in [5, 5.41) is 0.449. The van der Waals surface area contributed by atoms with Crippen molar-refractivity contribution in [2.75, 3.05) is 21.3 Å². The molecule has 2 aromatic heterocycles. The van der Waals surface area contributed by atoms with Crippen LogP contribution in [0.25, 0.3) is 22.4 Å². The van der Waals surface area contributed by atoms with Crippen molar-refractivity contribution in [2.45, 2.75) is 0 Å². The van der Waals surface area contributed by atoms with Gasteiger partial charge in [-0.15, -0.1) is 0 Å². The number of pyridine rings is 1. The minimum Gasteiger partial charge on any atom is -0.493 e. The summed E-state index contributed by atoms with van der Waals surface area (Å²) in [6.07, 6.45) is 1.67. The number of aromatic nitrogens is 1. The zero-order valence-corrected chi connectivity index (χ0v) is 13.1. The van der Waals surface area contributed by atoms with E-state index >= 15 is 0 Å². The van der Waals surface area contributed by atoms with Gasteiger partial charge in [0.1, 0.15) is 10.5 Å². The molecule has 1 aromatic carbocycles. The SMILES string of the molecule is COc1cc(-c2oc3cccnc3c2Cl)cc(OC)c1OC. The molecule has 0 atom stereocenters. The number of methoxy groups -OCH3 is 3. The van der Waals surface area contributed by atoms with Crippen LogP contribution in [0.3, 0.4) is 0 Å². The van der Waals surface area contributed by atoms with Gasteiger partial charge >= 0.3 is 0 Å². The number of benzene rings is 1. The van der Waals surface area contributed by atoms with Crippen LogP contribution in [-0.2, 0) is 0 Å². The van der Waals surface area contributed by atoms with Crippen molar-refractivity contribution in [1.82, 2.24) is 4.98 Å². The molecule has 0 aliphatic rings. The van der Waals surface area contributed by atoms with Crippen molar-refractivity contribution < 1.29 is 18.6 Å². The predicted molar refractivity (Wildman–Crippen MR) is 84.1 cm³/mol. The van der Waals surface area contributed by atoms with E-state index in [4.69, 9.17) is 30.2 Å². The Balaban J connectivity index is 2.24. The number of hydrogen-bond acceptors (Lipinski definition) is 5. The second kappa shape index (κ2) is 5.77. The molecule has 0 fully saturated rings. The van der Waals surface area contributed by atoms with Crippen molar-refractivity contribution in [2.24, 2.45) is 0 Å². The van der Waals surface area contributed by atoms with Crippen LogP contribution in [0.4, 0.5) is 0 Å². The van der Waals surface area contributed by atoms with Crippen LogP contribution in [0.15, 0.2) is 34.9 Å². The fourth-order valence-electron chi connectivity index (χ4n) is 2.30. The Kier molecular flexibility index (Phi) is 3.81. The highest BCUT2D eigenvalue weighted by molar-refractivity contribution is 6.37. The minimum absolute atomic E-state index is 0.449. The van der Waals surface area contributed by atoms with Gasteiger partial charge in [0.05, 0.1) is 21.3 Å². The first-order chi connectivity index (χ1) is 10.7. The average molecular weight is 320 g/mol. The lowest BCUT2D eigenvalue weighted by molar-refractivity contribution is 0.324. The summed E-state index contributed by atoms with van der Waals surface area (Å²) in [4.78, 5) is 4.23. The standard InChI is InChI=1S/C16H14ClNO4/c1-19-11-7-9(8-12(20-2)16(11)21-3)15-13(17)14-10(22-15)5-4-6-18-14/h4-8H,1-3H3. The molecule has 5 nitrogen and oxygen atoms in total. The Morgan fingerprint density at radius 1 is 1.05 bits per heavy atom. The van der Waals surface area contributed by atoms with E-state index < -0.39 is 0 Å². The van der Waals surface area contributed by atoms with Gasteiger partial charge in [0.2, 0.25) is 5.75 Å². The quantitative estimate of drug-likeness (QED) is 0.722. The molecule has 0 amide bonds. The molecule has 0 radical (unpaired) electrons. The van der Waals surface area contributed by atoms with Gasteiger partial charge in [0, 0.05) is 11.8 Å². The lowest BCUT2D eigenvalue weighted by Crippen LogP contribution is -1.95. The van der Waals surface area contributed by atoms with Gasteiger partial charge in [-0.05, 0) is 24.3 Å². The third kappa shape index (κ3) is 2.23. The lowest BCUT2D eigenvalue weighted by atomic mass is 10.1. The van der Waals surface area contributed by atoms with Gasteiger partial charge in [-0.3, -0.25) is 4.98 Å². The number of nitrogens with zero attached hydrogens (tertiary/aromatic N) is 1. The van der Waals surface area contributed by atoms with Crippen molar-refractivity contribution in [3.63, 3.8) is 0 Å². The van der Waals surface area contributed by atoms with E-state index in [2.05, 4.69) is 4.98 Å². The summed E-state index contributed by atoms with van der Waals surface area (Å²) >= 11 is 6.39. The normalized spacial score (nSPS) is 10.7. The van der Waals surface area contributed by atoms with E-state index in [1.807, 2.05) is 6.07 Å². The average Bonchev–Trinajstić information content (AvgIpc) is 2.90. The predicted octanol–water partition coefficient (Wildman–Crippen LogP) is 4.17. The first-order valence-electron chi connectivity index (χ1n) is 6.53. The van der Waals surface area contributed by atoms with E-state index in [0.29, 0.717) is 39.1 Å². The van der Waals surface area contributed by atoms with E-state index in [9.17, 15) is 0 Å². The molecule has 0 unspecified atom stereocenters. The van der Waals surface area contributed by atoms with Crippen LogP contribution in [0, 0.1) is 0 Å². The second-order valence-corrected chi connectivity index (χ2v) is 4.89. The maximum absolute atomic E-state index is 6.39. The van der Waals surface area contributed by atoms with E-state index in [1.54, 1.807) is 45.7 Å². The molecule has 0 saturated carbocycles. The number of hydrogen-bond donors (Lipinski definition) is 0. The first kappa shape index (κ1) is 14.5. The molecule has 6 heteroatoms. The molecule has 0 bridgehead atoms. The molecule has 114 valence electrons. The largest absolute Gasteiger partial charge is 0.493 e. The zero-order chi connectivity index (χ0) is 15.7. The molecule has 22 heavy (non-hydrogen) atoms. The number of fused-ring (bicyclic) bond motifs is 1. The third-order valence-corrected chi connectivity index (χ3v) is 3.67. The molecule has 3 aromatic rings. The maximum atomic E-state index is 6.39. The van der Waals surface area contributed by atoms with E-state index in [-0.39, 0.29) is 0 Å². The van der Waals surface area contributed by atoms with Crippen LogP contribution in [-0.4, -0.2) is 26.3 Å². The molecule has 0 spiro atoms. The number of ether oxygens (including phenoxy) is 3. The molecular weight excluding hydrogens is 306 g/mol. The van der Waals surface area contributed by atoms with Gasteiger partial charge in [-0.1, -0.05) is 11.6 Å². The molecule has 0 saturated heterocycles. The molecule has 0 aliphatic carbocycles. The van der Waals surface area contributed by atoms with Crippen molar-refractivity contribution >= 4 is 22.7 Å². The topological polar surface area (TPSA) is 53.7 Å². The number of rotatable bonds is 4. The van der Waals surface area contributed by atoms with Crippen LogP contribution in [0.5, 0.6) is 17.2 Å². The summed E-state index contributed by atoms with van der Waals surface area (Å²) in [6, 6.07) is 7.17. The van der Waals surface area contributed by atoms with Gasteiger partial charge in [-0.25, -0.2) is 0 Å². The summed E-state index contributed by atoms with van der Waals surface area (Å²) < 4.78 is 21.8. The highest BCUT2D eigenvalue weighted by Crippen LogP contribution is 2.44. The van der Waals surface area contributed by atoms with Crippen LogP contribution in [0.2, 0.25) is 5.02 Å². The van der Waals surface area contributed by atoms with Crippen LogP contribution in [0.1, 0.15) is 0 Å². The summed E-state index contributed by atoms with van der Waals surface area (Å²) in [5.41, 5.74) is 1.96. The molecule has 3 rings (SSSR count). The second-order valence-electron chi connectivity index (χ2n) is 4.51. The fraction of sp³-hybridized carbons (Fsp3) is 0.188. The number of halogens is 1. The van der Waals surface area contributed by atoms with Crippen LogP contribution < -0.4 is 14.2 Å². The zero-order valence-electron chi connectivity index (χ0n) is 12.3. The van der Waals surface area contributed by atoms with Gasteiger partial charge in [-0.2, -0.15) is 0 Å². The summed E-state index contributed by atoms with van der Waals surface area (Å²) in [5.74, 6) is 2.08. The van der Waals surface area contributed by atoms with Gasteiger partial charge < -0.3 is 18.6 Å². The Morgan fingerprint density at radius 2 is 1.73 bits per heavy atom. The molecule has 0 N–H and O–H groups in total. The lowest BCUT2D eigenvalue weighted by Gasteiger charge is -2.13. The van der Waals surface area contributed by atoms with Crippen molar-refractivity contribution in [3.8, 4) is 28.6 Å². The minimum atomic E-state index is 0.449. The Morgan fingerprint density at radius 3 is 2.27 bits per heavy atom. The van der Waals surface area contributed by atoms with Crippen molar-refractivity contribution in [1.29, 1.82) is 0 Å². The Bertz CT molecular complexity index is 803. The Hall–Kier alpha value is -2.40. The smallest absolute Gasteiger partial charge is 0.203 e. The molecule has 0 aliphatic heterocycles. The van der Waals surface area contributed by atoms with Gasteiger partial charge in [0.25, 0.3) is 0 Å². The van der Waals surface area contributed by atoms with E-state index in [0.717, 1.165) is 5.56 Å². The van der Waals surface area contributed by atoms with Crippen molar-refractivity contribution in [3.05, 3.63) is 35.5 Å². The number of furan rings is 1. The first-order valence-corrected chi connectivity index (χ1v) is 6.90. The summed E-state index contributed by atoms with van der Waals surface area (Å²) in [7, 11) is 4.67. The summed E-state index contributed by atoms with van der Waals surface area (Å²) in [6.45, 7) is 0. The van der Waals surface area contributed by atoms with E-state index in [1.165, 1.54) is 0 Å². The monoisotopic (exact) mass is 319 g/mol. The maximum Gasteiger partial charge on any atom is 0.203 e. The Labute approximate surface area is 132 Å². The highest BCUT2D eigenvalue weighted by atomic mass is 35.5. The molecular formula is C16H14ClNO4. The molecule has 2 heterocycles. The third-order valence-electron chi connectivity index (χ3n) is 3.32.